The van der Waals surface area contributed by atoms with Gasteiger partial charge in [-0.25, -0.2) is 17.8 Å². The number of nitrogens with zero attached hydrogens (tertiary/aromatic N) is 1. The maximum Gasteiger partial charge on any atom is 0.416 e. The minimum Gasteiger partial charge on any atom is -0.323 e. The molecule has 162 valence electrons. The number of carbonyl (C=O) groups is 1. The van der Waals surface area contributed by atoms with Crippen LogP contribution >= 0.6 is 11.3 Å². The Kier molecular flexibility index (Phi) is 6.41. The largest absolute Gasteiger partial charge is 0.416 e. The van der Waals surface area contributed by atoms with Crippen LogP contribution in [0.3, 0.4) is 0 Å². The molecular formula is C19H13F4N3O3S2. The topological polar surface area (TPSA) is 88.2 Å². The van der Waals surface area contributed by atoms with E-state index >= 15 is 0 Å². The van der Waals surface area contributed by atoms with E-state index in [2.05, 4.69) is 15.0 Å². The summed E-state index contributed by atoms with van der Waals surface area (Å²) in [4.78, 5) is 15.8. The maximum atomic E-state index is 13.3. The summed E-state index contributed by atoms with van der Waals surface area (Å²) < 4.78 is 79.1. The molecule has 12 heteroatoms. The molecule has 0 saturated carbocycles. The van der Waals surface area contributed by atoms with E-state index in [1.807, 2.05) is 0 Å². The smallest absolute Gasteiger partial charge is 0.323 e. The van der Waals surface area contributed by atoms with Gasteiger partial charge in [-0.2, -0.15) is 13.2 Å². The molecule has 1 heterocycles. The van der Waals surface area contributed by atoms with Crippen molar-refractivity contribution in [3.05, 3.63) is 77.1 Å². The van der Waals surface area contributed by atoms with Gasteiger partial charge < -0.3 is 5.32 Å². The normalized spacial score (nSPS) is 12.1. The van der Waals surface area contributed by atoms with Gasteiger partial charge in [-0.05, 0) is 54.1 Å². The maximum absolute atomic E-state index is 13.3. The average Bonchev–Trinajstić information content (AvgIpc) is 3.18. The first-order valence-corrected chi connectivity index (χ1v) is 10.8. The molecule has 0 aliphatic heterocycles. The lowest BCUT2D eigenvalue weighted by Gasteiger charge is -2.10. The predicted molar refractivity (Wildman–Crippen MR) is 108 cm³/mol. The van der Waals surface area contributed by atoms with Crippen molar-refractivity contribution >= 4 is 44.2 Å². The third-order valence-electron chi connectivity index (χ3n) is 3.82. The fourth-order valence-corrected chi connectivity index (χ4v) is 4.23. The van der Waals surface area contributed by atoms with E-state index in [1.165, 1.54) is 30.5 Å². The number of aromatic nitrogens is 1. The highest BCUT2D eigenvalue weighted by Gasteiger charge is 2.32. The molecule has 0 atom stereocenters. The molecule has 2 aromatic carbocycles. The van der Waals surface area contributed by atoms with Gasteiger partial charge in [0.25, 0.3) is 10.0 Å². The number of carbonyl (C=O) groups excluding carboxylic acids is 1. The zero-order valence-corrected chi connectivity index (χ0v) is 17.0. The van der Waals surface area contributed by atoms with Crippen molar-refractivity contribution < 1.29 is 30.8 Å². The van der Waals surface area contributed by atoms with Gasteiger partial charge in [0.1, 0.15) is 5.82 Å². The van der Waals surface area contributed by atoms with E-state index in [-0.39, 0.29) is 15.7 Å². The fourth-order valence-electron chi connectivity index (χ4n) is 2.44. The molecule has 1 amide bonds. The van der Waals surface area contributed by atoms with Gasteiger partial charge in [0.05, 0.1) is 10.5 Å². The summed E-state index contributed by atoms with van der Waals surface area (Å²) in [5.74, 6) is -1.66. The Hall–Kier alpha value is -3.25. The molecule has 3 rings (SSSR count). The van der Waals surface area contributed by atoms with Crippen LogP contribution in [0.25, 0.3) is 6.08 Å². The zero-order valence-electron chi connectivity index (χ0n) is 15.4. The molecule has 0 saturated heterocycles. The van der Waals surface area contributed by atoms with Crippen molar-refractivity contribution in [3.63, 3.8) is 0 Å². The van der Waals surface area contributed by atoms with Gasteiger partial charge in [-0.1, -0.05) is 0 Å². The Bertz CT molecular complexity index is 1210. The van der Waals surface area contributed by atoms with Crippen LogP contribution in [-0.2, 0) is 21.0 Å². The van der Waals surface area contributed by atoms with Crippen molar-refractivity contribution in [2.45, 2.75) is 11.1 Å². The van der Waals surface area contributed by atoms with Gasteiger partial charge >= 0.3 is 6.18 Å². The van der Waals surface area contributed by atoms with Crippen molar-refractivity contribution in [1.82, 2.24) is 4.98 Å². The summed E-state index contributed by atoms with van der Waals surface area (Å²) in [6.45, 7) is 0. The molecule has 0 spiro atoms. The lowest BCUT2D eigenvalue weighted by molar-refractivity contribution is -0.137. The van der Waals surface area contributed by atoms with Gasteiger partial charge in [0.15, 0.2) is 5.13 Å². The van der Waals surface area contributed by atoms with Crippen LogP contribution in [-0.4, -0.2) is 19.3 Å². The van der Waals surface area contributed by atoms with Crippen LogP contribution in [0.1, 0.15) is 11.1 Å². The van der Waals surface area contributed by atoms with Crippen LogP contribution in [0.15, 0.2) is 65.0 Å². The molecule has 0 radical (unpaired) electrons. The van der Waals surface area contributed by atoms with Crippen molar-refractivity contribution in [3.8, 4) is 0 Å². The van der Waals surface area contributed by atoms with Crippen LogP contribution in [0.5, 0.6) is 0 Å². The molecule has 31 heavy (non-hydrogen) atoms. The summed E-state index contributed by atoms with van der Waals surface area (Å²) in [6, 6.07) is 7.04. The number of anilines is 2. The number of hydrogen-bond acceptors (Lipinski definition) is 5. The monoisotopic (exact) mass is 471 g/mol. The van der Waals surface area contributed by atoms with E-state index in [0.717, 1.165) is 23.5 Å². The molecule has 2 N–H and O–H groups in total. The quantitative estimate of drug-likeness (QED) is 0.401. The summed E-state index contributed by atoms with van der Waals surface area (Å²) in [6.07, 6.45) is -1.61. The highest BCUT2D eigenvalue weighted by atomic mass is 32.2. The fraction of sp³-hybridized carbons (Fsp3) is 0.0526. The zero-order chi connectivity index (χ0) is 22.6. The average molecular weight is 471 g/mol. The summed E-state index contributed by atoms with van der Waals surface area (Å²) in [5, 5.41) is 4.18. The minimum absolute atomic E-state index is 0.0779. The first kappa shape index (κ1) is 22.4. The number of hydrogen-bond donors (Lipinski definition) is 2. The summed E-state index contributed by atoms with van der Waals surface area (Å²) in [5.41, 5.74) is -1.38. The number of rotatable bonds is 6. The van der Waals surface area contributed by atoms with Crippen molar-refractivity contribution in [1.29, 1.82) is 0 Å². The van der Waals surface area contributed by atoms with Crippen LogP contribution in [0.2, 0.25) is 0 Å². The Morgan fingerprint density at radius 1 is 1.10 bits per heavy atom. The molecule has 0 bridgehead atoms. The number of sulfonamides is 1. The summed E-state index contributed by atoms with van der Waals surface area (Å²) >= 11 is 1.10. The van der Waals surface area contributed by atoms with E-state index < -0.39 is 39.1 Å². The molecule has 6 nitrogen and oxygen atoms in total. The van der Waals surface area contributed by atoms with Crippen LogP contribution in [0.4, 0.5) is 28.4 Å². The molecule has 0 aliphatic rings. The van der Waals surface area contributed by atoms with Gasteiger partial charge in [-0.3, -0.25) is 9.52 Å². The molecule has 0 fully saturated rings. The molecule has 3 aromatic rings. The number of amides is 1. The summed E-state index contributed by atoms with van der Waals surface area (Å²) in [7, 11) is -3.87. The predicted octanol–water partition coefficient (Wildman–Crippen LogP) is 4.75. The van der Waals surface area contributed by atoms with Gasteiger partial charge in [0, 0.05) is 23.3 Å². The Morgan fingerprint density at radius 2 is 1.81 bits per heavy atom. The number of alkyl halides is 3. The highest BCUT2D eigenvalue weighted by molar-refractivity contribution is 7.93. The van der Waals surface area contributed by atoms with Gasteiger partial charge in [0.2, 0.25) is 5.91 Å². The standard InChI is InChI=1S/C19H13F4N3O3S2/c20-13-2-7-16(19(21,22)23)12(11-13)1-8-17(27)25-14-3-5-15(6-4-14)31(28,29)26-18-24-9-10-30-18/h1-11H,(H,24,26)(H,25,27)/b8-1+. The van der Waals surface area contributed by atoms with E-state index in [1.54, 1.807) is 5.38 Å². The van der Waals surface area contributed by atoms with Crippen molar-refractivity contribution in [2.75, 3.05) is 10.0 Å². The van der Waals surface area contributed by atoms with Crippen molar-refractivity contribution in [2.24, 2.45) is 0 Å². The number of thiazole rings is 1. The number of halogens is 4. The molecular weight excluding hydrogens is 458 g/mol. The highest BCUT2D eigenvalue weighted by Crippen LogP contribution is 2.33. The van der Waals surface area contributed by atoms with Gasteiger partial charge in [-0.15, -0.1) is 11.3 Å². The second-order valence-corrected chi connectivity index (χ2v) is 8.60. The van der Waals surface area contributed by atoms with Crippen LogP contribution in [0, 0.1) is 5.82 Å². The molecule has 0 aliphatic carbocycles. The second-order valence-electron chi connectivity index (χ2n) is 6.02. The SMILES string of the molecule is O=C(/C=C/c1cc(F)ccc1C(F)(F)F)Nc1ccc(S(=O)(=O)Nc2nccs2)cc1. The lowest BCUT2D eigenvalue weighted by Crippen LogP contribution is -2.13. The minimum atomic E-state index is -4.71. The third kappa shape index (κ3) is 5.89. The Morgan fingerprint density at radius 3 is 2.42 bits per heavy atom. The lowest BCUT2D eigenvalue weighted by atomic mass is 10.1. The first-order valence-electron chi connectivity index (χ1n) is 8.43. The van der Waals surface area contributed by atoms with E-state index in [0.29, 0.717) is 18.2 Å². The first-order chi connectivity index (χ1) is 14.5. The van der Waals surface area contributed by atoms with E-state index in [4.69, 9.17) is 0 Å². The third-order valence-corrected chi connectivity index (χ3v) is 5.99. The number of benzene rings is 2. The molecule has 1 aromatic heterocycles. The van der Waals surface area contributed by atoms with E-state index in [9.17, 15) is 30.8 Å². The Labute approximate surface area is 178 Å². The molecule has 0 unspecified atom stereocenters. The number of nitrogens with one attached hydrogen (secondary N) is 2. The van der Waals surface area contributed by atoms with Crippen LogP contribution < -0.4 is 10.0 Å². The second kappa shape index (κ2) is 8.86. The Balaban J connectivity index is 1.70.